The molecule has 3 aromatic carbocycles. The van der Waals surface area contributed by atoms with Crippen LogP contribution in [0, 0.1) is 22.0 Å². The van der Waals surface area contributed by atoms with Gasteiger partial charge in [0.15, 0.2) is 5.75 Å². The number of azo groups is 1. The molecule has 0 amide bonds. The smallest absolute Gasteiger partial charge is 0.273 e. The highest BCUT2D eigenvalue weighted by atomic mass is 16.6. The number of aliphatic hydroxyl groups excluding tert-OH is 2. The van der Waals surface area contributed by atoms with Crippen molar-refractivity contribution in [3.05, 3.63) is 82.4 Å². The first kappa shape index (κ1) is 29.1. The number of unbranched alkanes of at least 4 members (excludes halogenated alkanes) is 1. The molecule has 204 valence electrons. The maximum atomic E-state index is 11.3. The standard InChI is InChI=1S/C29H32N4O6/c1-2-38-27-14-7-23(8-15-27)6-4-3-5-21-39-29-22-26(33(36)37)13-16-28(29)31-30-24-9-11-25(12-10-24)32(17-19-34)18-20-35/h7-16,22,34-35H,2-3,5,17-21H2,1H3. The van der Waals surface area contributed by atoms with E-state index in [1.807, 2.05) is 48.2 Å². The average Bonchev–Trinajstić information content (AvgIpc) is 2.95. The summed E-state index contributed by atoms with van der Waals surface area (Å²) in [6.45, 7) is 3.60. The maximum absolute atomic E-state index is 11.3. The summed E-state index contributed by atoms with van der Waals surface area (Å²) in [6, 6.07) is 18.9. The third-order valence-electron chi connectivity index (χ3n) is 5.48. The second-order valence-corrected chi connectivity index (χ2v) is 8.27. The Morgan fingerprint density at radius 3 is 2.31 bits per heavy atom. The van der Waals surface area contributed by atoms with E-state index in [4.69, 9.17) is 9.47 Å². The zero-order chi connectivity index (χ0) is 27.9. The number of rotatable bonds is 14. The van der Waals surface area contributed by atoms with E-state index in [1.54, 1.807) is 12.1 Å². The fraction of sp³-hybridized carbons (Fsp3) is 0.310. The minimum Gasteiger partial charge on any atom is -0.494 e. The van der Waals surface area contributed by atoms with Crippen LogP contribution in [0.1, 0.15) is 25.3 Å². The Morgan fingerprint density at radius 2 is 1.67 bits per heavy atom. The van der Waals surface area contributed by atoms with Gasteiger partial charge in [-0.2, -0.15) is 5.11 Å². The number of non-ortho nitro benzene ring substituents is 1. The van der Waals surface area contributed by atoms with Gasteiger partial charge >= 0.3 is 0 Å². The van der Waals surface area contributed by atoms with E-state index in [-0.39, 0.29) is 24.7 Å². The first-order chi connectivity index (χ1) is 19.0. The Bertz CT molecular complexity index is 1280. The van der Waals surface area contributed by atoms with Crippen molar-refractivity contribution >= 4 is 22.7 Å². The van der Waals surface area contributed by atoms with Crippen molar-refractivity contribution in [3.63, 3.8) is 0 Å². The predicted molar refractivity (Wildman–Crippen MR) is 149 cm³/mol. The fourth-order valence-electron chi connectivity index (χ4n) is 3.58. The third-order valence-corrected chi connectivity index (χ3v) is 5.48. The van der Waals surface area contributed by atoms with Crippen LogP contribution in [0.4, 0.5) is 22.7 Å². The van der Waals surface area contributed by atoms with Crippen molar-refractivity contribution < 1.29 is 24.6 Å². The molecule has 3 aromatic rings. The van der Waals surface area contributed by atoms with Crippen molar-refractivity contribution in [1.29, 1.82) is 0 Å². The zero-order valence-corrected chi connectivity index (χ0v) is 21.8. The Hall–Kier alpha value is -4.46. The molecule has 0 unspecified atom stereocenters. The van der Waals surface area contributed by atoms with Crippen LogP contribution in [0.3, 0.4) is 0 Å². The Morgan fingerprint density at radius 1 is 0.949 bits per heavy atom. The van der Waals surface area contributed by atoms with Gasteiger partial charge in [0.05, 0.1) is 43.1 Å². The molecule has 0 bridgehead atoms. The monoisotopic (exact) mass is 532 g/mol. The summed E-state index contributed by atoms with van der Waals surface area (Å²) in [5, 5.41) is 38.2. The molecule has 3 rings (SSSR count). The molecule has 0 heterocycles. The van der Waals surface area contributed by atoms with E-state index < -0.39 is 4.92 Å². The highest BCUT2D eigenvalue weighted by Crippen LogP contribution is 2.33. The Labute approximate surface area is 227 Å². The van der Waals surface area contributed by atoms with E-state index >= 15 is 0 Å². The summed E-state index contributed by atoms with van der Waals surface area (Å²) in [4.78, 5) is 12.6. The topological polar surface area (TPSA) is 130 Å². The summed E-state index contributed by atoms with van der Waals surface area (Å²) in [5.41, 5.74) is 2.56. The molecular formula is C29H32N4O6. The van der Waals surface area contributed by atoms with Crippen LogP contribution in [-0.4, -0.2) is 54.7 Å². The molecule has 0 aromatic heterocycles. The van der Waals surface area contributed by atoms with E-state index in [1.165, 1.54) is 18.2 Å². The average molecular weight is 533 g/mol. The molecule has 0 aliphatic carbocycles. The molecule has 0 radical (unpaired) electrons. The van der Waals surface area contributed by atoms with Gasteiger partial charge in [-0.15, -0.1) is 5.11 Å². The van der Waals surface area contributed by atoms with Crippen LogP contribution >= 0.6 is 0 Å². The molecule has 0 spiro atoms. The SMILES string of the molecule is CCOc1ccc(C#CCCCOc2cc([N+](=O)[O-])ccc2N=Nc2ccc(N(CCO)CCO)cc2)cc1. The van der Waals surface area contributed by atoms with Gasteiger partial charge in [0.1, 0.15) is 11.4 Å². The van der Waals surface area contributed by atoms with E-state index in [9.17, 15) is 20.3 Å². The molecular weight excluding hydrogens is 500 g/mol. The molecule has 39 heavy (non-hydrogen) atoms. The molecule has 10 heteroatoms. The first-order valence-electron chi connectivity index (χ1n) is 12.7. The van der Waals surface area contributed by atoms with E-state index in [2.05, 4.69) is 22.1 Å². The number of ether oxygens (including phenoxy) is 2. The number of benzene rings is 3. The van der Waals surface area contributed by atoms with Gasteiger partial charge in [0.2, 0.25) is 0 Å². The highest BCUT2D eigenvalue weighted by molar-refractivity contribution is 5.58. The molecule has 2 N–H and O–H groups in total. The lowest BCUT2D eigenvalue weighted by molar-refractivity contribution is -0.384. The van der Waals surface area contributed by atoms with Crippen molar-refractivity contribution in [1.82, 2.24) is 0 Å². The van der Waals surface area contributed by atoms with Crippen LogP contribution in [0.5, 0.6) is 11.5 Å². The number of nitrogens with zero attached hydrogens (tertiary/aromatic N) is 4. The lowest BCUT2D eigenvalue weighted by Crippen LogP contribution is -2.29. The van der Waals surface area contributed by atoms with E-state index in [0.717, 1.165) is 17.0 Å². The number of nitro benzene ring substituents is 1. The largest absolute Gasteiger partial charge is 0.494 e. The fourth-order valence-corrected chi connectivity index (χ4v) is 3.58. The second kappa shape index (κ2) is 15.7. The van der Waals surface area contributed by atoms with Gasteiger partial charge in [-0.3, -0.25) is 10.1 Å². The van der Waals surface area contributed by atoms with Crippen LogP contribution in [0.2, 0.25) is 0 Å². The Balaban J connectivity index is 1.61. The molecule has 0 saturated heterocycles. The van der Waals surface area contributed by atoms with Crippen molar-refractivity contribution in [2.24, 2.45) is 10.2 Å². The third kappa shape index (κ3) is 9.41. The van der Waals surface area contributed by atoms with Crippen molar-refractivity contribution in [2.75, 3.05) is 44.4 Å². The number of nitro groups is 1. The summed E-state index contributed by atoms with van der Waals surface area (Å²) < 4.78 is 11.2. The molecule has 0 aliphatic heterocycles. The molecule has 0 atom stereocenters. The maximum Gasteiger partial charge on any atom is 0.273 e. The number of aliphatic hydroxyl groups is 2. The first-order valence-corrected chi connectivity index (χ1v) is 12.7. The Kier molecular flexibility index (Phi) is 11.7. The lowest BCUT2D eigenvalue weighted by Gasteiger charge is -2.22. The summed E-state index contributed by atoms with van der Waals surface area (Å²) >= 11 is 0. The minimum atomic E-state index is -0.487. The van der Waals surface area contributed by atoms with Crippen LogP contribution in [-0.2, 0) is 0 Å². The normalized spacial score (nSPS) is 10.6. The quantitative estimate of drug-likeness (QED) is 0.0933. The highest BCUT2D eigenvalue weighted by Gasteiger charge is 2.12. The van der Waals surface area contributed by atoms with Gasteiger partial charge in [0.25, 0.3) is 5.69 Å². The summed E-state index contributed by atoms with van der Waals surface area (Å²) in [6.07, 6.45) is 1.22. The van der Waals surface area contributed by atoms with Gasteiger partial charge in [-0.25, -0.2) is 0 Å². The molecule has 10 nitrogen and oxygen atoms in total. The molecule has 0 aliphatic rings. The van der Waals surface area contributed by atoms with Crippen LogP contribution in [0.25, 0.3) is 0 Å². The second-order valence-electron chi connectivity index (χ2n) is 8.27. The van der Waals surface area contributed by atoms with Gasteiger partial charge in [0, 0.05) is 36.8 Å². The van der Waals surface area contributed by atoms with Crippen LogP contribution < -0.4 is 14.4 Å². The van der Waals surface area contributed by atoms with Crippen molar-refractivity contribution in [3.8, 4) is 23.3 Å². The number of hydrogen-bond donors (Lipinski definition) is 2. The van der Waals surface area contributed by atoms with E-state index in [0.29, 0.717) is 50.5 Å². The number of anilines is 1. The predicted octanol–water partition coefficient (Wildman–Crippen LogP) is 5.41. The van der Waals surface area contributed by atoms with Crippen LogP contribution in [0.15, 0.2) is 77.0 Å². The summed E-state index contributed by atoms with van der Waals surface area (Å²) in [7, 11) is 0. The summed E-state index contributed by atoms with van der Waals surface area (Å²) in [5.74, 6) is 7.28. The van der Waals surface area contributed by atoms with Gasteiger partial charge in [-0.1, -0.05) is 11.8 Å². The number of hydrogen-bond acceptors (Lipinski definition) is 9. The van der Waals surface area contributed by atoms with Crippen molar-refractivity contribution in [2.45, 2.75) is 19.8 Å². The molecule has 0 saturated carbocycles. The van der Waals surface area contributed by atoms with Gasteiger partial charge < -0.3 is 24.6 Å². The molecule has 0 fully saturated rings. The zero-order valence-electron chi connectivity index (χ0n) is 21.8. The lowest BCUT2D eigenvalue weighted by atomic mass is 10.2. The minimum absolute atomic E-state index is 0.0281. The van der Waals surface area contributed by atoms with Gasteiger partial charge in [-0.05, 0) is 67.9 Å².